The van der Waals surface area contributed by atoms with Crippen LogP contribution >= 0.6 is 0 Å². The van der Waals surface area contributed by atoms with Crippen molar-refractivity contribution in [2.45, 2.75) is 77.2 Å². The molecule has 0 bridgehead atoms. The molecule has 2 aliphatic carbocycles. The molecule has 3 fully saturated rings. The van der Waals surface area contributed by atoms with Gasteiger partial charge in [-0.25, -0.2) is 9.97 Å². The Morgan fingerprint density at radius 1 is 0.912 bits per heavy atom. The number of hydrogen-bond acceptors (Lipinski definition) is 6. The predicted octanol–water partition coefficient (Wildman–Crippen LogP) is 5.79. The fourth-order valence-electron chi connectivity index (χ4n) is 5.28. The van der Waals surface area contributed by atoms with Crippen molar-refractivity contribution in [2.24, 2.45) is 11.8 Å². The molecule has 1 atom stereocenters. The Kier molecular flexibility index (Phi) is 7.53. The highest BCUT2D eigenvalue weighted by Gasteiger charge is 2.27. The van der Waals surface area contributed by atoms with E-state index >= 15 is 0 Å². The first-order valence-electron chi connectivity index (χ1n) is 13.4. The van der Waals surface area contributed by atoms with Crippen LogP contribution in [0.4, 0.5) is 5.95 Å². The number of ether oxygens (including phenoxy) is 2. The van der Waals surface area contributed by atoms with Crippen LogP contribution in [-0.4, -0.2) is 42.3 Å². The summed E-state index contributed by atoms with van der Waals surface area (Å²) in [6, 6.07) is 6.68. The number of benzene rings is 1. The number of anilines is 1. The molecule has 6 heteroatoms. The van der Waals surface area contributed by atoms with Crippen molar-refractivity contribution in [1.82, 2.24) is 15.3 Å². The van der Waals surface area contributed by atoms with Crippen molar-refractivity contribution < 1.29 is 9.47 Å². The summed E-state index contributed by atoms with van der Waals surface area (Å²) in [5, 5.41) is 6.88. The molecule has 4 aliphatic rings. The van der Waals surface area contributed by atoms with Gasteiger partial charge in [0.15, 0.2) is 11.5 Å². The van der Waals surface area contributed by atoms with Crippen molar-refractivity contribution in [1.29, 1.82) is 0 Å². The zero-order valence-corrected chi connectivity index (χ0v) is 20.8. The second kappa shape index (κ2) is 10.9. The van der Waals surface area contributed by atoms with E-state index in [-0.39, 0.29) is 0 Å². The molecule has 3 heterocycles. The number of nitrogens with zero attached hydrogens (tertiary/aromatic N) is 2. The monoisotopic (exact) mass is 464 g/mol. The van der Waals surface area contributed by atoms with Crippen molar-refractivity contribution in [3.8, 4) is 22.6 Å². The zero-order valence-electron chi connectivity index (χ0n) is 20.8. The average Bonchev–Trinajstić information content (AvgIpc) is 3.31. The largest absolute Gasteiger partial charge is 0.486 e. The number of fused-ring (bicyclic) bond motifs is 1. The molecule has 1 aromatic heterocycles. The fourth-order valence-corrected chi connectivity index (χ4v) is 5.28. The highest BCUT2D eigenvalue weighted by molar-refractivity contribution is 5.70. The van der Waals surface area contributed by atoms with Crippen LogP contribution in [0.15, 0.2) is 24.4 Å². The lowest BCUT2D eigenvalue weighted by atomic mass is 9.80. The molecule has 1 saturated heterocycles. The van der Waals surface area contributed by atoms with E-state index in [0.29, 0.717) is 25.2 Å². The maximum Gasteiger partial charge on any atom is 0.223 e. The molecule has 34 heavy (non-hydrogen) atoms. The molecule has 1 unspecified atom stereocenters. The smallest absolute Gasteiger partial charge is 0.223 e. The van der Waals surface area contributed by atoms with Gasteiger partial charge in [-0.3, -0.25) is 0 Å². The van der Waals surface area contributed by atoms with Gasteiger partial charge in [0.05, 0.1) is 5.69 Å². The van der Waals surface area contributed by atoms with E-state index < -0.39 is 0 Å². The molecule has 0 radical (unpaired) electrons. The minimum absolute atomic E-state index is 0.505. The molecule has 6 nitrogen and oxygen atoms in total. The highest BCUT2D eigenvalue weighted by Crippen LogP contribution is 2.42. The quantitative estimate of drug-likeness (QED) is 0.597. The number of rotatable bonds is 4. The zero-order chi connectivity index (χ0) is 23.3. The third-order valence-corrected chi connectivity index (χ3v) is 7.82. The summed E-state index contributed by atoms with van der Waals surface area (Å²) in [5.41, 5.74) is 3.43. The van der Waals surface area contributed by atoms with Crippen LogP contribution in [0.25, 0.3) is 11.1 Å². The van der Waals surface area contributed by atoms with E-state index in [1.54, 1.807) is 0 Å². The maximum atomic E-state index is 5.78. The summed E-state index contributed by atoms with van der Waals surface area (Å²) in [7, 11) is 0. The molecule has 2 aromatic rings. The molecule has 6 rings (SSSR count). The van der Waals surface area contributed by atoms with E-state index in [1.165, 1.54) is 70.2 Å². The molecule has 1 aromatic carbocycles. The summed E-state index contributed by atoms with van der Waals surface area (Å²) in [6.07, 6.45) is 12.1. The molecular weight excluding hydrogens is 424 g/mol. The van der Waals surface area contributed by atoms with Gasteiger partial charge < -0.3 is 20.1 Å². The molecule has 184 valence electrons. The first-order chi connectivity index (χ1) is 16.7. The average molecular weight is 465 g/mol. The van der Waals surface area contributed by atoms with Crippen molar-refractivity contribution in [3.05, 3.63) is 30.1 Å². The molecular formula is C28H40N4O2. The second-order valence-corrected chi connectivity index (χ2v) is 10.7. The van der Waals surface area contributed by atoms with Gasteiger partial charge in [0.2, 0.25) is 5.95 Å². The van der Waals surface area contributed by atoms with Crippen LogP contribution in [0.1, 0.15) is 76.8 Å². The predicted molar refractivity (Wildman–Crippen MR) is 137 cm³/mol. The molecule has 2 N–H and O–H groups in total. The van der Waals surface area contributed by atoms with Crippen LogP contribution < -0.4 is 20.1 Å². The Hall–Kier alpha value is -2.34. The third kappa shape index (κ3) is 5.65. The van der Waals surface area contributed by atoms with Gasteiger partial charge in [-0.15, -0.1) is 0 Å². The van der Waals surface area contributed by atoms with Crippen molar-refractivity contribution in [2.75, 3.05) is 31.6 Å². The molecule has 2 aliphatic heterocycles. The normalized spacial score (nSPS) is 26.2. The molecule has 0 amide bonds. The van der Waals surface area contributed by atoms with Crippen LogP contribution in [0.5, 0.6) is 11.5 Å². The van der Waals surface area contributed by atoms with Gasteiger partial charge in [-0.1, -0.05) is 26.3 Å². The number of nitrogens with one attached hydrogen (secondary N) is 2. The second-order valence-electron chi connectivity index (χ2n) is 10.7. The van der Waals surface area contributed by atoms with E-state index in [1.807, 2.05) is 12.3 Å². The number of hydrogen-bond donors (Lipinski definition) is 2. The SMILES string of the molecule is CC1CCC(Nc2ncc(-c3ccc4c(c3)OCCO4)c(C3CCC3)n2)CC1.CC1CCNC1. The first kappa shape index (κ1) is 23.4. The van der Waals surface area contributed by atoms with Crippen LogP contribution in [0.3, 0.4) is 0 Å². The van der Waals surface area contributed by atoms with E-state index in [4.69, 9.17) is 14.5 Å². The third-order valence-electron chi connectivity index (χ3n) is 7.82. The van der Waals surface area contributed by atoms with Crippen LogP contribution in [0, 0.1) is 11.8 Å². The lowest BCUT2D eigenvalue weighted by Gasteiger charge is -2.29. The van der Waals surface area contributed by atoms with Gasteiger partial charge >= 0.3 is 0 Å². The van der Waals surface area contributed by atoms with E-state index in [2.05, 4.69) is 41.6 Å². The van der Waals surface area contributed by atoms with Crippen LogP contribution in [0.2, 0.25) is 0 Å². The van der Waals surface area contributed by atoms with Crippen molar-refractivity contribution >= 4 is 5.95 Å². The first-order valence-corrected chi connectivity index (χ1v) is 13.4. The van der Waals surface area contributed by atoms with Gasteiger partial charge in [-0.05, 0) is 87.6 Å². The summed E-state index contributed by atoms with van der Waals surface area (Å²) in [6.45, 7) is 8.32. The molecule has 2 saturated carbocycles. The van der Waals surface area contributed by atoms with Gasteiger partial charge in [-0.2, -0.15) is 0 Å². The Labute approximate surface area is 204 Å². The van der Waals surface area contributed by atoms with E-state index in [0.717, 1.165) is 40.4 Å². The highest BCUT2D eigenvalue weighted by atomic mass is 16.6. The standard InChI is InChI=1S/C23H29N3O2.C5H11N/c1-15-5-8-18(9-6-15)25-23-24-14-19(22(26-23)16-3-2-4-16)17-7-10-20-21(13-17)28-12-11-27-20;1-5-2-3-6-4-5/h7,10,13-16,18H,2-6,8-9,11-12H2,1H3,(H,24,25,26);5-6H,2-4H2,1H3. The summed E-state index contributed by atoms with van der Waals surface area (Å²) >= 11 is 0. The van der Waals surface area contributed by atoms with Gasteiger partial charge in [0.1, 0.15) is 13.2 Å². The van der Waals surface area contributed by atoms with E-state index in [9.17, 15) is 0 Å². The lowest BCUT2D eigenvalue weighted by Crippen LogP contribution is -2.26. The Morgan fingerprint density at radius 2 is 1.71 bits per heavy atom. The summed E-state index contributed by atoms with van der Waals surface area (Å²) < 4.78 is 11.5. The Bertz CT molecular complexity index is 947. The Morgan fingerprint density at radius 3 is 2.35 bits per heavy atom. The minimum Gasteiger partial charge on any atom is -0.486 e. The summed E-state index contributed by atoms with van der Waals surface area (Å²) in [4.78, 5) is 9.69. The van der Waals surface area contributed by atoms with Gasteiger partial charge in [0.25, 0.3) is 0 Å². The minimum atomic E-state index is 0.505. The lowest BCUT2D eigenvalue weighted by molar-refractivity contribution is 0.171. The van der Waals surface area contributed by atoms with Crippen LogP contribution in [-0.2, 0) is 0 Å². The summed E-state index contributed by atoms with van der Waals surface area (Å²) in [5.74, 6) is 4.76. The Balaban J connectivity index is 0.000000351. The van der Waals surface area contributed by atoms with Crippen molar-refractivity contribution in [3.63, 3.8) is 0 Å². The fraction of sp³-hybridized carbons (Fsp3) is 0.643. The van der Waals surface area contributed by atoms with Gasteiger partial charge in [0, 0.05) is 23.7 Å². The topological polar surface area (TPSA) is 68.3 Å². The molecule has 0 spiro atoms. The maximum absolute atomic E-state index is 5.78. The number of aromatic nitrogens is 2.